The van der Waals surface area contributed by atoms with Gasteiger partial charge in [0, 0.05) is 10.9 Å². The Morgan fingerprint density at radius 2 is 1.55 bits per heavy atom. The monoisotopic (exact) mass is 283 g/mol. The first-order chi connectivity index (χ1) is 9.75. The molecule has 20 heavy (non-hydrogen) atoms. The zero-order valence-corrected chi connectivity index (χ0v) is 11.4. The predicted molar refractivity (Wildman–Crippen MR) is 83.8 cm³/mol. The van der Waals surface area contributed by atoms with E-state index >= 15 is 0 Å². The van der Waals surface area contributed by atoms with Crippen LogP contribution in [0.25, 0.3) is 21.9 Å². The molecule has 1 unspecified atom stereocenters. The van der Waals surface area contributed by atoms with Crippen LogP contribution in [-0.2, 0) is 11.3 Å². The van der Waals surface area contributed by atoms with Gasteiger partial charge in [0.25, 0.3) is 11.3 Å². The van der Waals surface area contributed by atoms with Crippen molar-refractivity contribution in [1.82, 2.24) is 0 Å². The summed E-state index contributed by atoms with van der Waals surface area (Å²) in [4.78, 5) is 0. The van der Waals surface area contributed by atoms with E-state index < -0.39 is 11.3 Å². The molecule has 0 radical (unpaired) electrons. The fourth-order valence-electron chi connectivity index (χ4n) is 2.33. The Balaban J connectivity index is 2.28. The number of fused-ring (bicyclic) bond motifs is 1. The van der Waals surface area contributed by atoms with E-state index in [-0.39, 0.29) is 0 Å². The number of benzene rings is 3. The Hall–Kier alpha value is -2.17. The van der Waals surface area contributed by atoms with E-state index in [1.807, 2.05) is 66.7 Å². The topological polar surface area (TPSA) is 49.3 Å². The maximum Gasteiger partial charge on any atom is 0.259 e. The molecule has 0 bridgehead atoms. The fraction of sp³-hybridized carbons (Fsp3) is 0. The van der Waals surface area contributed by atoms with Crippen molar-refractivity contribution >= 4 is 27.7 Å². The van der Waals surface area contributed by atoms with Crippen LogP contribution < -0.4 is 4.72 Å². The molecule has 0 aliphatic rings. The van der Waals surface area contributed by atoms with E-state index in [4.69, 9.17) is 0 Å². The summed E-state index contributed by atoms with van der Waals surface area (Å²) < 4.78 is 23.0. The molecule has 4 heteroatoms. The number of nitrogens with one attached hydrogen (secondary N) is 1. The fourth-order valence-corrected chi connectivity index (χ4v) is 2.72. The van der Waals surface area contributed by atoms with Crippen LogP contribution in [0.5, 0.6) is 0 Å². The summed E-state index contributed by atoms with van der Waals surface area (Å²) in [5.41, 5.74) is 2.59. The molecule has 0 aliphatic heterocycles. The van der Waals surface area contributed by atoms with Crippen LogP contribution in [0, 0.1) is 0 Å². The molecule has 0 saturated carbocycles. The van der Waals surface area contributed by atoms with Crippen LogP contribution >= 0.6 is 0 Å². The lowest BCUT2D eigenvalue weighted by atomic mass is 9.99. The van der Waals surface area contributed by atoms with E-state index in [1.165, 1.54) is 0 Å². The van der Waals surface area contributed by atoms with Gasteiger partial charge in [-0.2, -0.15) is 0 Å². The van der Waals surface area contributed by atoms with Crippen LogP contribution in [-0.4, -0.2) is 8.76 Å². The zero-order chi connectivity index (χ0) is 13.9. The number of anilines is 1. The van der Waals surface area contributed by atoms with Crippen molar-refractivity contribution in [2.45, 2.75) is 0 Å². The van der Waals surface area contributed by atoms with Gasteiger partial charge in [0.15, 0.2) is 0 Å². The molecule has 0 heterocycles. The normalized spacial score (nSPS) is 12.2. The highest BCUT2D eigenvalue weighted by Crippen LogP contribution is 2.34. The molecule has 0 fully saturated rings. The SMILES string of the molecule is O=S(O)Nc1c(-c2ccccc2)ccc2ccccc12. The van der Waals surface area contributed by atoms with Crippen molar-refractivity contribution in [3.8, 4) is 11.1 Å². The minimum atomic E-state index is -2.11. The molecular formula is C16H13NO2S. The smallest absolute Gasteiger partial charge is 0.259 e. The molecule has 3 nitrogen and oxygen atoms in total. The summed E-state index contributed by atoms with van der Waals surface area (Å²) in [6.45, 7) is 0. The first-order valence-electron chi connectivity index (χ1n) is 6.20. The largest absolute Gasteiger partial charge is 0.289 e. The molecule has 3 aromatic rings. The van der Waals surface area contributed by atoms with Gasteiger partial charge >= 0.3 is 0 Å². The minimum absolute atomic E-state index is 0.676. The van der Waals surface area contributed by atoms with Crippen molar-refractivity contribution < 1.29 is 8.76 Å². The third-order valence-electron chi connectivity index (χ3n) is 3.20. The van der Waals surface area contributed by atoms with E-state index in [2.05, 4.69) is 4.72 Å². The molecule has 0 saturated heterocycles. The van der Waals surface area contributed by atoms with Gasteiger partial charge < -0.3 is 0 Å². The highest BCUT2D eigenvalue weighted by Gasteiger charge is 2.10. The lowest BCUT2D eigenvalue weighted by Gasteiger charge is -2.13. The molecular weight excluding hydrogens is 270 g/mol. The molecule has 0 spiro atoms. The molecule has 3 rings (SSSR count). The average molecular weight is 283 g/mol. The molecule has 3 aromatic carbocycles. The lowest BCUT2D eigenvalue weighted by molar-refractivity contribution is 0.570. The van der Waals surface area contributed by atoms with Gasteiger partial charge in [-0.15, -0.1) is 0 Å². The molecule has 0 aromatic heterocycles. The van der Waals surface area contributed by atoms with Crippen molar-refractivity contribution in [2.75, 3.05) is 4.72 Å². The number of rotatable bonds is 3. The molecule has 0 amide bonds. The summed E-state index contributed by atoms with van der Waals surface area (Å²) in [6.07, 6.45) is 0. The van der Waals surface area contributed by atoms with Crippen LogP contribution in [0.4, 0.5) is 5.69 Å². The summed E-state index contributed by atoms with van der Waals surface area (Å²) in [5.74, 6) is 0. The Labute approximate surface area is 119 Å². The van der Waals surface area contributed by atoms with E-state index in [9.17, 15) is 8.76 Å². The van der Waals surface area contributed by atoms with Gasteiger partial charge in [0.1, 0.15) is 0 Å². The summed E-state index contributed by atoms with van der Waals surface area (Å²) in [7, 11) is 0. The summed E-state index contributed by atoms with van der Waals surface area (Å²) >= 11 is -2.11. The Morgan fingerprint density at radius 1 is 0.850 bits per heavy atom. The Bertz CT molecular complexity index is 772. The predicted octanol–water partition coefficient (Wildman–Crippen LogP) is 4.06. The van der Waals surface area contributed by atoms with Crippen LogP contribution in [0.15, 0.2) is 66.7 Å². The van der Waals surface area contributed by atoms with E-state index in [0.29, 0.717) is 5.69 Å². The third-order valence-corrected chi connectivity index (χ3v) is 3.58. The molecule has 100 valence electrons. The van der Waals surface area contributed by atoms with Gasteiger partial charge in [-0.1, -0.05) is 66.7 Å². The third kappa shape index (κ3) is 2.43. The van der Waals surface area contributed by atoms with Crippen LogP contribution in [0.2, 0.25) is 0 Å². The first kappa shape index (κ1) is 12.8. The second kappa shape index (κ2) is 5.45. The van der Waals surface area contributed by atoms with E-state index in [0.717, 1.165) is 21.9 Å². The van der Waals surface area contributed by atoms with Crippen molar-refractivity contribution in [3.05, 3.63) is 66.7 Å². The van der Waals surface area contributed by atoms with E-state index in [1.54, 1.807) is 0 Å². The highest BCUT2D eigenvalue weighted by atomic mass is 32.2. The van der Waals surface area contributed by atoms with Crippen molar-refractivity contribution in [3.63, 3.8) is 0 Å². The highest BCUT2D eigenvalue weighted by molar-refractivity contribution is 7.80. The average Bonchev–Trinajstić information content (AvgIpc) is 2.48. The van der Waals surface area contributed by atoms with Crippen LogP contribution in [0.1, 0.15) is 0 Å². The van der Waals surface area contributed by atoms with Gasteiger partial charge in [0.05, 0.1) is 5.69 Å². The Kier molecular flexibility index (Phi) is 3.50. The summed E-state index contributed by atoms with van der Waals surface area (Å²) in [5, 5.41) is 1.95. The van der Waals surface area contributed by atoms with Gasteiger partial charge in [-0.25, -0.2) is 4.21 Å². The molecule has 0 aliphatic carbocycles. The molecule has 1 atom stereocenters. The Morgan fingerprint density at radius 3 is 2.30 bits per heavy atom. The van der Waals surface area contributed by atoms with Crippen molar-refractivity contribution in [2.24, 2.45) is 0 Å². The maximum atomic E-state index is 11.2. The zero-order valence-electron chi connectivity index (χ0n) is 10.6. The second-order valence-electron chi connectivity index (χ2n) is 4.43. The van der Waals surface area contributed by atoms with Gasteiger partial charge in [-0.3, -0.25) is 9.27 Å². The summed E-state index contributed by atoms with van der Waals surface area (Å²) in [6, 6.07) is 21.6. The second-order valence-corrected chi connectivity index (χ2v) is 5.13. The van der Waals surface area contributed by atoms with Crippen LogP contribution in [0.3, 0.4) is 0 Å². The maximum absolute atomic E-state index is 11.2. The molecule has 2 N–H and O–H groups in total. The minimum Gasteiger partial charge on any atom is -0.289 e. The van der Waals surface area contributed by atoms with Gasteiger partial charge in [0.2, 0.25) is 0 Å². The van der Waals surface area contributed by atoms with Crippen molar-refractivity contribution in [1.29, 1.82) is 0 Å². The number of hydrogen-bond acceptors (Lipinski definition) is 1. The lowest BCUT2D eigenvalue weighted by Crippen LogP contribution is -2.04. The first-order valence-corrected chi connectivity index (χ1v) is 7.31. The van der Waals surface area contributed by atoms with Gasteiger partial charge in [-0.05, 0) is 10.9 Å². The quantitative estimate of drug-likeness (QED) is 0.712. The standard InChI is InChI=1S/C16H13NO2S/c18-20(19)17-16-14-9-5-4-8-13(14)10-11-15(16)12-6-2-1-3-7-12/h1-11,17H,(H,18,19). The number of hydrogen-bond donors (Lipinski definition) is 2.